The highest BCUT2D eigenvalue weighted by Crippen LogP contribution is 2.54. The summed E-state index contributed by atoms with van der Waals surface area (Å²) in [6, 6.07) is 5.01. The van der Waals surface area contributed by atoms with Gasteiger partial charge in [-0.2, -0.15) is 0 Å². The van der Waals surface area contributed by atoms with Crippen molar-refractivity contribution >= 4 is 5.91 Å². The van der Waals surface area contributed by atoms with E-state index in [1.54, 1.807) is 13.0 Å². The van der Waals surface area contributed by atoms with Gasteiger partial charge in [0.1, 0.15) is 5.82 Å². The zero-order valence-corrected chi connectivity index (χ0v) is 15.1. The van der Waals surface area contributed by atoms with E-state index in [1.807, 2.05) is 6.07 Å². The van der Waals surface area contributed by atoms with Crippen molar-refractivity contribution < 1.29 is 13.9 Å². The first kappa shape index (κ1) is 17.0. The number of nitrogens with one attached hydrogen (secondary N) is 1. The molecule has 4 nitrogen and oxygen atoms in total. The Labute approximate surface area is 148 Å². The van der Waals surface area contributed by atoms with Crippen LogP contribution in [-0.2, 0) is 16.0 Å². The quantitative estimate of drug-likeness (QED) is 0.889. The number of benzene rings is 1. The third-order valence-corrected chi connectivity index (χ3v) is 6.44. The molecule has 4 rings (SSSR count). The standard InChI is InChI=1S/C20H27FN2O2/c1-3-23-11-16-15(18-6-7-20(16,12-23)25-18)10-22-19(24)9-14-5-4-13(2)17(21)8-14/h4-5,8,15-16,18H,3,6-7,9-12H2,1-2H3,(H,22,24)/t15-,16+,18+,20+/m0/s1. The van der Waals surface area contributed by atoms with E-state index in [1.165, 1.54) is 6.07 Å². The lowest BCUT2D eigenvalue weighted by molar-refractivity contribution is -0.120. The van der Waals surface area contributed by atoms with E-state index in [-0.39, 0.29) is 23.7 Å². The molecule has 0 saturated carbocycles. The van der Waals surface area contributed by atoms with Crippen LogP contribution in [0.25, 0.3) is 0 Å². The first-order valence-electron chi connectivity index (χ1n) is 9.42. The molecule has 3 aliphatic rings. The van der Waals surface area contributed by atoms with Gasteiger partial charge in [-0.05, 0) is 43.5 Å². The predicted molar refractivity (Wildman–Crippen MR) is 93.8 cm³/mol. The van der Waals surface area contributed by atoms with Gasteiger partial charge in [0, 0.05) is 31.5 Å². The van der Waals surface area contributed by atoms with Gasteiger partial charge in [-0.25, -0.2) is 4.39 Å². The van der Waals surface area contributed by atoms with E-state index in [4.69, 9.17) is 4.74 Å². The van der Waals surface area contributed by atoms with Crippen LogP contribution in [0, 0.1) is 24.6 Å². The van der Waals surface area contributed by atoms with Crippen LogP contribution in [0.3, 0.4) is 0 Å². The average Bonchev–Trinajstić information content (AvgIpc) is 3.24. The third-order valence-electron chi connectivity index (χ3n) is 6.44. The highest BCUT2D eigenvalue weighted by atomic mass is 19.1. The molecule has 3 heterocycles. The molecule has 3 saturated heterocycles. The summed E-state index contributed by atoms with van der Waals surface area (Å²) in [5, 5.41) is 3.07. The van der Waals surface area contributed by atoms with Crippen molar-refractivity contribution in [2.45, 2.75) is 44.8 Å². The number of aryl methyl sites for hydroxylation is 1. The van der Waals surface area contributed by atoms with Gasteiger partial charge >= 0.3 is 0 Å². The Balaban J connectivity index is 1.35. The van der Waals surface area contributed by atoms with Crippen molar-refractivity contribution in [2.75, 3.05) is 26.2 Å². The summed E-state index contributed by atoms with van der Waals surface area (Å²) < 4.78 is 20.0. The smallest absolute Gasteiger partial charge is 0.224 e. The van der Waals surface area contributed by atoms with E-state index >= 15 is 0 Å². The van der Waals surface area contributed by atoms with E-state index in [0.717, 1.165) is 38.0 Å². The molecule has 1 aromatic carbocycles. The molecule has 4 atom stereocenters. The second-order valence-electron chi connectivity index (χ2n) is 7.92. The Hall–Kier alpha value is -1.46. The molecule has 25 heavy (non-hydrogen) atoms. The van der Waals surface area contributed by atoms with E-state index in [0.29, 0.717) is 30.0 Å². The Morgan fingerprint density at radius 1 is 1.48 bits per heavy atom. The number of nitrogens with zero attached hydrogens (tertiary/aromatic N) is 1. The number of halogens is 1. The summed E-state index contributed by atoms with van der Waals surface area (Å²) in [5.41, 5.74) is 1.37. The summed E-state index contributed by atoms with van der Waals surface area (Å²) in [5.74, 6) is 0.650. The van der Waals surface area contributed by atoms with Crippen LogP contribution in [-0.4, -0.2) is 48.7 Å². The van der Waals surface area contributed by atoms with Crippen LogP contribution in [0.2, 0.25) is 0 Å². The second kappa shape index (κ2) is 6.36. The van der Waals surface area contributed by atoms with Gasteiger partial charge in [-0.3, -0.25) is 4.79 Å². The minimum atomic E-state index is -0.251. The molecule has 1 N–H and O–H groups in total. The molecule has 0 aromatic heterocycles. The van der Waals surface area contributed by atoms with Crippen LogP contribution in [0.15, 0.2) is 18.2 Å². The summed E-state index contributed by atoms with van der Waals surface area (Å²) in [6.45, 7) is 7.77. The van der Waals surface area contributed by atoms with Gasteiger partial charge in [0.2, 0.25) is 5.91 Å². The SMILES string of the molecule is CCN1C[C@@H]2[C@H](CNC(=O)Cc3ccc(C)c(F)c3)[C@H]3CC[C@]2(C1)O3. The highest BCUT2D eigenvalue weighted by Gasteiger charge is 2.62. The maximum Gasteiger partial charge on any atom is 0.224 e. The molecule has 3 fully saturated rings. The van der Waals surface area contributed by atoms with E-state index in [2.05, 4.69) is 17.1 Å². The molecule has 2 bridgehead atoms. The number of rotatable bonds is 5. The number of likely N-dealkylation sites (N-methyl/N-ethyl adjacent to an activating group) is 1. The van der Waals surface area contributed by atoms with Gasteiger partial charge in [-0.1, -0.05) is 19.1 Å². The molecule has 0 radical (unpaired) electrons. The van der Waals surface area contributed by atoms with Crippen LogP contribution in [0.1, 0.15) is 30.9 Å². The number of likely N-dealkylation sites (tertiary alicyclic amines) is 1. The lowest BCUT2D eigenvalue weighted by Gasteiger charge is -2.29. The number of amides is 1. The molecule has 0 unspecified atom stereocenters. The molecular weight excluding hydrogens is 319 g/mol. The van der Waals surface area contributed by atoms with Gasteiger partial charge < -0.3 is 15.0 Å². The summed E-state index contributed by atoms with van der Waals surface area (Å²) in [6.07, 6.45) is 2.79. The first-order chi connectivity index (χ1) is 12.0. The Morgan fingerprint density at radius 3 is 3.08 bits per heavy atom. The fourth-order valence-electron chi connectivity index (χ4n) is 5.03. The van der Waals surface area contributed by atoms with Crippen LogP contribution in [0.4, 0.5) is 4.39 Å². The second-order valence-corrected chi connectivity index (χ2v) is 7.92. The Bertz CT molecular complexity index is 680. The minimum absolute atomic E-state index is 0.0366. The van der Waals surface area contributed by atoms with Crippen molar-refractivity contribution in [2.24, 2.45) is 11.8 Å². The normalized spacial score (nSPS) is 33.6. The molecule has 1 aromatic rings. The van der Waals surface area contributed by atoms with Crippen molar-refractivity contribution in [1.29, 1.82) is 0 Å². The van der Waals surface area contributed by atoms with E-state index in [9.17, 15) is 9.18 Å². The van der Waals surface area contributed by atoms with Crippen molar-refractivity contribution in [1.82, 2.24) is 10.2 Å². The summed E-state index contributed by atoms with van der Waals surface area (Å²) in [4.78, 5) is 14.8. The molecule has 1 spiro atoms. The van der Waals surface area contributed by atoms with E-state index < -0.39 is 0 Å². The first-order valence-corrected chi connectivity index (χ1v) is 9.42. The lowest BCUT2D eigenvalue weighted by Crippen LogP contribution is -2.42. The number of carbonyl (C=O) groups is 1. The minimum Gasteiger partial charge on any atom is -0.370 e. The van der Waals surface area contributed by atoms with Gasteiger partial charge in [0.15, 0.2) is 0 Å². The van der Waals surface area contributed by atoms with Crippen LogP contribution < -0.4 is 5.32 Å². The molecule has 5 heteroatoms. The fourth-order valence-corrected chi connectivity index (χ4v) is 5.03. The number of ether oxygens (including phenoxy) is 1. The fraction of sp³-hybridized carbons (Fsp3) is 0.650. The van der Waals surface area contributed by atoms with Gasteiger partial charge in [0.25, 0.3) is 0 Å². The topological polar surface area (TPSA) is 41.6 Å². The van der Waals surface area contributed by atoms with Gasteiger partial charge in [-0.15, -0.1) is 0 Å². The third kappa shape index (κ3) is 2.97. The summed E-state index contributed by atoms with van der Waals surface area (Å²) >= 11 is 0. The molecule has 3 aliphatic heterocycles. The maximum absolute atomic E-state index is 13.6. The number of hydrogen-bond donors (Lipinski definition) is 1. The number of hydrogen-bond acceptors (Lipinski definition) is 3. The zero-order valence-electron chi connectivity index (χ0n) is 15.1. The van der Waals surface area contributed by atoms with Crippen LogP contribution in [0.5, 0.6) is 0 Å². The molecular formula is C20H27FN2O2. The highest BCUT2D eigenvalue weighted by molar-refractivity contribution is 5.78. The van der Waals surface area contributed by atoms with Crippen molar-refractivity contribution in [3.63, 3.8) is 0 Å². The molecule has 1 amide bonds. The van der Waals surface area contributed by atoms with Crippen molar-refractivity contribution in [3.05, 3.63) is 35.1 Å². The van der Waals surface area contributed by atoms with Gasteiger partial charge in [0.05, 0.1) is 18.1 Å². The number of fused-ring (bicyclic) bond motifs is 1. The maximum atomic E-state index is 13.6. The monoisotopic (exact) mass is 346 g/mol. The predicted octanol–water partition coefficient (Wildman–Crippen LogP) is 2.29. The Morgan fingerprint density at radius 2 is 2.32 bits per heavy atom. The molecule has 0 aliphatic carbocycles. The zero-order chi connectivity index (χ0) is 17.6. The molecule has 136 valence electrons. The average molecular weight is 346 g/mol. The Kier molecular flexibility index (Phi) is 4.32. The summed E-state index contributed by atoms with van der Waals surface area (Å²) in [7, 11) is 0. The van der Waals surface area contributed by atoms with Crippen molar-refractivity contribution in [3.8, 4) is 0 Å². The largest absolute Gasteiger partial charge is 0.370 e. The lowest BCUT2D eigenvalue weighted by atomic mass is 9.73. The van der Waals surface area contributed by atoms with Crippen LogP contribution >= 0.6 is 0 Å². The number of carbonyl (C=O) groups excluding carboxylic acids is 1.